The largest absolute Gasteiger partial charge is 0.354 e. The molecule has 0 bridgehead atoms. The number of amides is 2. The molecular weight excluding hydrogens is 382 g/mol. The van der Waals surface area contributed by atoms with Gasteiger partial charge in [-0.3, -0.25) is 9.88 Å². The summed E-state index contributed by atoms with van der Waals surface area (Å²) >= 11 is 0. The zero-order valence-electron chi connectivity index (χ0n) is 17.1. The second-order valence-electron chi connectivity index (χ2n) is 7.90. The number of benzene rings is 1. The van der Waals surface area contributed by atoms with Crippen LogP contribution in [0.5, 0.6) is 0 Å². The molecule has 2 aliphatic rings. The summed E-state index contributed by atoms with van der Waals surface area (Å²) in [7, 11) is 0. The molecule has 0 saturated carbocycles. The molecule has 160 valence electrons. The average Bonchev–Trinajstić information content (AvgIpc) is 3.19. The van der Waals surface area contributed by atoms with Crippen molar-refractivity contribution in [3.05, 3.63) is 52.6 Å². The maximum Gasteiger partial charge on any atom is 0.354 e. The highest BCUT2D eigenvalue weighted by molar-refractivity contribution is 5.88. The fourth-order valence-electron chi connectivity index (χ4n) is 3.90. The number of urea groups is 1. The van der Waals surface area contributed by atoms with Gasteiger partial charge >= 0.3 is 11.7 Å². The molecule has 2 aromatic rings. The quantitative estimate of drug-likeness (QED) is 0.651. The highest BCUT2D eigenvalue weighted by Gasteiger charge is 2.18. The van der Waals surface area contributed by atoms with Crippen LogP contribution in [0.1, 0.15) is 12.0 Å². The van der Waals surface area contributed by atoms with Crippen LogP contribution in [-0.2, 0) is 6.42 Å². The minimum Gasteiger partial charge on any atom is -0.326 e. The first-order valence-electron chi connectivity index (χ1n) is 10.5. The van der Waals surface area contributed by atoms with Crippen LogP contribution in [0.2, 0.25) is 0 Å². The zero-order chi connectivity index (χ0) is 20.9. The van der Waals surface area contributed by atoms with E-state index >= 15 is 0 Å². The lowest BCUT2D eigenvalue weighted by Gasteiger charge is -2.27. The number of carbonyl (C=O) groups is 1. The molecule has 1 aromatic carbocycles. The summed E-state index contributed by atoms with van der Waals surface area (Å²) in [4.78, 5) is 32.9. The Morgan fingerprint density at radius 3 is 2.60 bits per heavy atom. The predicted molar refractivity (Wildman–Crippen MR) is 116 cm³/mol. The van der Waals surface area contributed by atoms with Crippen molar-refractivity contribution in [3.63, 3.8) is 0 Å². The van der Waals surface area contributed by atoms with Crippen molar-refractivity contribution in [1.29, 1.82) is 0 Å². The van der Waals surface area contributed by atoms with E-state index in [0.29, 0.717) is 19.1 Å². The van der Waals surface area contributed by atoms with Crippen molar-refractivity contribution >= 4 is 11.8 Å². The molecule has 3 heterocycles. The van der Waals surface area contributed by atoms with E-state index in [1.54, 1.807) is 17.2 Å². The van der Waals surface area contributed by atoms with E-state index in [4.69, 9.17) is 5.73 Å². The first kappa shape index (κ1) is 20.5. The van der Waals surface area contributed by atoms with Gasteiger partial charge in [-0.15, -0.1) is 0 Å². The molecule has 2 fully saturated rings. The molecule has 2 saturated heterocycles. The number of likely N-dealkylation sites (tertiary alicyclic amines) is 1. The molecule has 30 heavy (non-hydrogen) atoms. The van der Waals surface area contributed by atoms with E-state index in [-0.39, 0.29) is 11.8 Å². The van der Waals surface area contributed by atoms with Gasteiger partial charge < -0.3 is 20.9 Å². The Hall–Kier alpha value is -2.75. The highest BCUT2D eigenvalue weighted by atomic mass is 16.2. The number of rotatable bonds is 5. The topological polar surface area (TPSA) is 109 Å². The minimum absolute atomic E-state index is 0.232. The van der Waals surface area contributed by atoms with E-state index in [1.165, 1.54) is 10.1 Å². The SMILES string of the molecule is N[C@H]1CCN(CCc2ccc(-n3ccc(NC(=O)N4CCNCC4)nc3=O)cc2)C1. The number of hydrogen-bond donors (Lipinski definition) is 3. The van der Waals surface area contributed by atoms with E-state index in [9.17, 15) is 9.59 Å². The van der Waals surface area contributed by atoms with Crippen molar-refractivity contribution in [1.82, 2.24) is 24.7 Å². The fraction of sp³-hybridized carbons (Fsp3) is 0.476. The molecule has 4 N–H and O–H groups in total. The van der Waals surface area contributed by atoms with Gasteiger partial charge in [0, 0.05) is 51.5 Å². The van der Waals surface area contributed by atoms with Gasteiger partial charge in [0.05, 0.1) is 5.69 Å². The summed E-state index contributed by atoms with van der Waals surface area (Å²) in [5.74, 6) is 0.264. The first-order valence-corrected chi connectivity index (χ1v) is 10.5. The number of nitrogens with zero attached hydrogens (tertiary/aromatic N) is 4. The van der Waals surface area contributed by atoms with E-state index in [0.717, 1.165) is 51.3 Å². The number of aromatic nitrogens is 2. The maximum absolute atomic E-state index is 12.5. The molecule has 2 aliphatic heterocycles. The normalized spacial score (nSPS) is 19.8. The number of anilines is 1. The van der Waals surface area contributed by atoms with Crippen molar-refractivity contribution in [3.8, 4) is 5.69 Å². The third-order valence-corrected chi connectivity index (χ3v) is 5.68. The number of carbonyl (C=O) groups excluding carboxylic acids is 1. The summed E-state index contributed by atoms with van der Waals surface area (Å²) in [6.45, 7) is 5.85. The van der Waals surface area contributed by atoms with E-state index in [2.05, 4.69) is 20.5 Å². The summed E-state index contributed by atoms with van der Waals surface area (Å²) in [6, 6.07) is 9.64. The maximum atomic E-state index is 12.5. The van der Waals surface area contributed by atoms with Crippen molar-refractivity contribution in [2.24, 2.45) is 5.73 Å². The number of nitrogens with one attached hydrogen (secondary N) is 2. The van der Waals surface area contributed by atoms with Gasteiger partial charge in [0.2, 0.25) is 0 Å². The Kier molecular flexibility index (Phi) is 6.41. The van der Waals surface area contributed by atoms with E-state index < -0.39 is 5.69 Å². The molecule has 9 nitrogen and oxygen atoms in total. The van der Waals surface area contributed by atoms with Gasteiger partial charge in [-0.25, -0.2) is 9.59 Å². The van der Waals surface area contributed by atoms with Crippen LogP contribution in [0.25, 0.3) is 5.69 Å². The Balaban J connectivity index is 1.36. The highest BCUT2D eigenvalue weighted by Crippen LogP contribution is 2.12. The summed E-state index contributed by atoms with van der Waals surface area (Å²) in [5, 5.41) is 5.91. The van der Waals surface area contributed by atoms with Gasteiger partial charge in [0.25, 0.3) is 0 Å². The van der Waals surface area contributed by atoms with Crippen molar-refractivity contribution < 1.29 is 4.79 Å². The van der Waals surface area contributed by atoms with Gasteiger partial charge in [0.1, 0.15) is 5.82 Å². The summed E-state index contributed by atoms with van der Waals surface area (Å²) in [6.07, 6.45) is 3.67. The number of hydrogen-bond acceptors (Lipinski definition) is 6. The summed E-state index contributed by atoms with van der Waals surface area (Å²) < 4.78 is 1.48. The molecule has 0 aliphatic carbocycles. The molecule has 0 radical (unpaired) electrons. The minimum atomic E-state index is -0.424. The van der Waals surface area contributed by atoms with Crippen LogP contribution in [0.15, 0.2) is 41.3 Å². The Labute approximate surface area is 175 Å². The number of piperazine rings is 1. The van der Waals surface area contributed by atoms with Crippen LogP contribution in [0, 0.1) is 0 Å². The van der Waals surface area contributed by atoms with Gasteiger partial charge in [-0.1, -0.05) is 12.1 Å². The van der Waals surface area contributed by atoms with E-state index in [1.807, 2.05) is 24.3 Å². The number of nitrogens with two attached hydrogens (primary N) is 1. The lowest BCUT2D eigenvalue weighted by molar-refractivity contribution is 0.204. The average molecular weight is 412 g/mol. The lowest BCUT2D eigenvalue weighted by Crippen LogP contribution is -2.48. The van der Waals surface area contributed by atoms with Crippen molar-refractivity contribution in [2.75, 3.05) is 51.1 Å². The molecule has 0 unspecified atom stereocenters. The van der Waals surface area contributed by atoms with Gasteiger partial charge in [-0.05, 0) is 43.1 Å². The standard InChI is InChI=1S/C21H29N7O2/c22-17-6-11-26(15-17)10-5-16-1-3-18(4-2-16)28-12-7-19(25-21(28)30)24-20(29)27-13-8-23-9-14-27/h1-4,7,12,17,23H,5-6,8-11,13-15,22H2,(H,24,25,29,30)/t17-/m0/s1. The van der Waals surface area contributed by atoms with Crippen LogP contribution in [-0.4, -0.2) is 77.2 Å². The zero-order valence-corrected chi connectivity index (χ0v) is 17.1. The summed E-state index contributed by atoms with van der Waals surface area (Å²) in [5.41, 5.74) is 7.51. The van der Waals surface area contributed by atoms with Crippen LogP contribution in [0.3, 0.4) is 0 Å². The third-order valence-electron chi connectivity index (χ3n) is 5.68. The van der Waals surface area contributed by atoms with Crippen LogP contribution >= 0.6 is 0 Å². The predicted octanol–water partition coefficient (Wildman–Crippen LogP) is 0.245. The smallest absolute Gasteiger partial charge is 0.326 e. The Morgan fingerprint density at radius 1 is 1.17 bits per heavy atom. The molecule has 1 aromatic heterocycles. The van der Waals surface area contributed by atoms with Crippen LogP contribution in [0.4, 0.5) is 10.6 Å². The molecule has 0 spiro atoms. The van der Waals surface area contributed by atoms with Crippen LogP contribution < -0.4 is 22.1 Å². The Morgan fingerprint density at radius 2 is 1.93 bits per heavy atom. The molecule has 4 rings (SSSR count). The second-order valence-corrected chi connectivity index (χ2v) is 7.90. The van der Waals surface area contributed by atoms with Crippen molar-refractivity contribution in [2.45, 2.75) is 18.9 Å². The third kappa shape index (κ3) is 5.05. The lowest BCUT2D eigenvalue weighted by atomic mass is 10.1. The molecule has 1 atom stereocenters. The fourth-order valence-corrected chi connectivity index (χ4v) is 3.90. The molecular formula is C21H29N7O2. The second kappa shape index (κ2) is 9.38. The van der Waals surface area contributed by atoms with Gasteiger partial charge in [-0.2, -0.15) is 4.98 Å². The molecule has 9 heteroatoms. The Bertz CT molecular complexity index is 922. The van der Waals surface area contributed by atoms with Gasteiger partial charge in [0.15, 0.2) is 0 Å². The monoisotopic (exact) mass is 411 g/mol. The first-order chi connectivity index (χ1) is 14.6. The molecule has 2 amide bonds.